The second kappa shape index (κ2) is 9.66. The molecule has 0 aliphatic carbocycles. The summed E-state index contributed by atoms with van der Waals surface area (Å²) in [6, 6.07) is 9.98. The Bertz CT molecular complexity index is 1130. The highest BCUT2D eigenvalue weighted by atomic mass is 35.5. The molecule has 3 rings (SSSR count). The van der Waals surface area contributed by atoms with Gasteiger partial charge in [-0.3, -0.25) is 14.4 Å². The average Bonchev–Trinajstić information content (AvgIpc) is 2.77. The maximum Gasteiger partial charge on any atom is 0.261 e. The molecule has 11 heteroatoms. The minimum absolute atomic E-state index is 0.00247. The van der Waals surface area contributed by atoms with E-state index in [-0.39, 0.29) is 47.6 Å². The van der Waals surface area contributed by atoms with E-state index in [0.29, 0.717) is 0 Å². The van der Waals surface area contributed by atoms with Gasteiger partial charge in [-0.2, -0.15) is 0 Å². The molecule has 1 aliphatic rings. The van der Waals surface area contributed by atoms with E-state index in [1.165, 1.54) is 28.9 Å². The molecule has 0 radical (unpaired) electrons. The molecule has 0 unspecified atom stereocenters. The minimum atomic E-state index is -4.43. The molecule has 2 aromatic rings. The van der Waals surface area contributed by atoms with E-state index in [9.17, 15) is 27.2 Å². The van der Waals surface area contributed by atoms with Gasteiger partial charge in [-0.15, -0.1) is 0 Å². The van der Waals surface area contributed by atoms with Crippen LogP contribution in [0.5, 0.6) is 0 Å². The van der Waals surface area contributed by atoms with Crippen LogP contribution in [0.1, 0.15) is 17.3 Å². The third-order valence-corrected chi connectivity index (χ3v) is 7.29. The summed E-state index contributed by atoms with van der Waals surface area (Å²) in [6.45, 7) is 2.10. The van der Waals surface area contributed by atoms with Gasteiger partial charge < -0.3 is 15.1 Å². The van der Waals surface area contributed by atoms with Crippen molar-refractivity contribution in [2.45, 2.75) is 17.2 Å². The van der Waals surface area contributed by atoms with Crippen LogP contribution in [0, 0.1) is 5.82 Å². The number of nitrogens with one attached hydrogen (secondary N) is 1. The number of benzene rings is 2. The van der Waals surface area contributed by atoms with E-state index in [2.05, 4.69) is 5.32 Å². The Morgan fingerprint density at radius 3 is 2.09 bits per heavy atom. The van der Waals surface area contributed by atoms with Crippen molar-refractivity contribution in [2.24, 2.45) is 0 Å². The Hall–Kier alpha value is -2.98. The van der Waals surface area contributed by atoms with Gasteiger partial charge in [0.2, 0.25) is 21.1 Å². The molecule has 0 saturated carbocycles. The number of piperazine rings is 1. The summed E-state index contributed by atoms with van der Waals surface area (Å²) in [7, 11) is -4.43. The lowest BCUT2D eigenvalue weighted by Gasteiger charge is -2.36. The van der Waals surface area contributed by atoms with Crippen LogP contribution in [0.25, 0.3) is 0 Å². The first-order valence-corrected chi connectivity index (χ1v) is 11.6. The lowest BCUT2D eigenvalue weighted by atomic mass is 10.2. The molecule has 3 amide bonds. The summed E-state index contributed by atoms with van der Waals surface area (Å²) in [5.74, 6) is -2.49. The predicted molar refractivity (Wildman–Crippen MR) is 115 cm³/mol. The summed E-state index contributed by atoms with van der Waals surface area (Å²) in [5.41, 5.74) is 0.00247. The van der Waals surface area contributed by atoms with Crippen LogP contribution in [-0.2, 0) is 19.4 Å². The maximum atomic E-state index is 13.3. The highest BCUT2D eigenvalue weighted by molar-refractivity contribution is 7.92. The van der Waals surface area contributed by atoms with Gasteiger partial charge in [0, 0.05) is 33.1 Å². The van der Waals surface area contributed by atoms with E-state index >= 15 is 0 Å². The molecule has 8 nitrogen and oxygen atoms in total. The van der Waals surface area contributed by atoms with Crippen LogP contribution < -0.4 is 5.32 Å². The monoisotopic (exact) mass is 481 g/mol. The zero-order valence-corrected chi connectivity index (χ0v) is 18.7. The topological polar surface area (TPSA) is 104 Å². The van der Waals surface area contributed by atoms with Crippen molar-refractivity contribution in [3.63, 3.8) is 0 Å². The lowest BCUT2D eigenvalue weighted by Crippen LogP contribution is -2.57. The second-order valence-corrected chi connectivity index (χ2v) is 9.60. The van der Waals surface area contributed by atoms with Crippen molar-refractivity contribution >= 4 is 39.2 Å². The van der Waals surface area contributed by atoms with Gasteiger partial charge in [0.05, 0.1) is 15.5 Å². The molecular formula is C21H21ClFN3O5S. The van der Waals surface area contributed by atoms with Crippen molar-refractivity contribution in [1.29, 1.82) is 0 Å². The van der Waals surface area contributed by atoms with Crippen molar-refractivity contribution in [3.05, 3.63) is 64.9 Å². The smallest absolute Gasteiger partial charge is 0.261 e. The lowest BCUT2D eigenvalue weighted by molar-refractivity contribution is -0.138. The van der Waals surface area contributed by atoms with Crippen LogP contribution in [0.15, 0.2) is 53.4 Å². The minimum Gasteiger partial charge on any atom is -0.339 e. The van der Waals surface area contributed by atoms with E-state index in [1.807, 2.05) is 0 Å². The fourth-order valence-corrected chi connectivity index (χ4v) is 4.97. The third-order valence-electron chi connectivity index (χ3n) is 5.09. The SMILES string of the molecule is CC(=O)N1CCN(C(=O)[C@@H](NC(=O)c2ccccc2Cl)S(=O)(=O)c2ccc(F)cc2)CC1. The Kier molecular flexibility index (Phi) is 7.15. The molecule has 1 saturated heterocycles. The molecule has 0 aromatic heterocycles. The summed E-state index contributed by atoms with van der Waals surface area (Å²) < 4.78 is 39.9. The van der Waals surface area contributed by atoms with E-state index in [1.54, 1.807) is 12.1 Å². The first-order valence-electron chi connectivity index (χ1n) is 9.70. The molecule has 2 aromatic carbocycles. The molecule has 1 N–H and O–H groups in total. The number of rotatable bonds is 5. The molecule has 1 atom stereocenters. The fraction of sp³-hybridized carbons (Fsp3) is 0.286. The number of hydrogen-bond donors (Lipinski definition) is 1. The van der Waals surface area contributed by atoms with Crippen molar-refractivity contribution in [2.75, 3.05) is 26.2 Å². The Morgan fingerprint density at radius 1 is 0.969 bits per heavy atom. The largest absolute Gasteiger partial charge is 0.339 e. The fourth-order valence-electron chi connectivity index (χ4n) is 3.28. The van der Waals surface area contributed by atoms with Crippen LogP contribution in [0.4, 0.5) is 4.39 Å². The highest BCUT2D eigenvalue weighted by Crippen LogP contribution is 2.20. The van der Waals surface area contributed by atoms with Crippen LogP contribution >= 0.6 is 11.6 Å². The average molecular weight is 482 g/mol. The quantitative estimate of drug-likeness (QED) is 0.655. The highest BCUT2D eigenvalue weighted by Gasteiger charge is 2.39. The Labute approximate surface area is 189 Å². The molecule has 1 aliphatic heterocycles. The number of nitrogens with zero attached hydrogens (tertiary/aromatic N) is 2. The molecule has 170 valence electrons. The van der Waals surface area contributed by atoms with E-state index in [4.69, 9.17) is 11.6 Å². The van der Waals surface area contributed by atoms with Crippen LogP contribution in [0.2, 0.25) is 5.02 Å². The summed E-state index contributed by atoms with van der Waals surface area (Å²) in [4.78, 5) is 40.1. The number of amides is 3. The normalized spacial score (nSPS) is 15.2. The zero-order chi connectivity index (χ0) is 23.5. The molecule has 1 heterocycles. The van der Waals surface area contributed by atoms with E-state index < -0.39 is 32.8 Å². The first kappa shape index (κ1) is 23.7. The Balaban J connectivity index is 1.93. The van der Waals surface area contributed by atoms with Crippen molar-refractivity contribution in [3.8, 4) is 0 Å². The van der Waals surface area contributed by atoms with E-state index in [0.717, 1.165) is 24.3 Å². The molecule has 0 bridgehead atoms. The molecular weight excluding hydrogens is 461 g/mol. The standard InChI is InChI=1S/C21H21ClFN3O5S/c1-14(27)25-10-12-26(13-11-25)21(29)20(24-19(28)17-4-2-3-5-18(17)22)32(30,31)16-8-6-15(23)7-9-16/h2-9,20H,10-13H2,1H3,(H,24,28)/t20-/m0/s1. The number of carbonyl (C=O) groups is 3. The van der Waals surface area contributed by atoms with Crippen molar-refractivity contribution < 1.29 is 27.2 Å². The van der Waals surface area contributed by atoms with Gasteiger partial charge in [0.1, 0.15) is 5.82 Å². The number of sulfone groups is 1. The van der Waals surface area contributed by atoms with Gasteiger partial charge in [-0.1, -0.05) is 23.7 Å². The second-order valence-electron chi connectivity index (χ2n) is 7.16. The van der Waals surface area contributed by atoms with Crippen LogP contribution in [0.3, 0.4) is 0 Å². The summed E-state index contributed by atoms with van der Waals surface area (Å²) in [5, 5.41) is 0.412. The van der Waals surface area contributed by atoms with Crippen LogP contribution in [-0.4, -0.2) is 67.5 Å². The van der Waals surface area contributed by atoms with Gasteiger partial charge in [-0.05, 0) is 36.4 Å². The third kappa shape index (κ3) is 5.08. The summed E-state index contributed by atoms with van der Waals surface area (Å²) >= 11 is 6.04. The Morgan fingerprint density at radius 2 is 1.53 bits per heavy atom. The van der Waals surface area contributed by atoms with Gasteiger partial charge in [-0.25, -0.2) is 12.8 Å². The molecule has 32 heavy (non-hydrogen) atoms. The van der Waals surface area contributed by atoms with Gasteiger partial charge in [0.15, 0.2) is 0 Å². The first-order chi connectivity index (χ1) is 15.1. The number of halogens is 2. The van der Waals surface area contributed by atoms with Gasteiger partial charge in [0.25, 0.3) is 11.8 Å². The molecule has 1 fully saturated rings. The number of hydrogen-bond acceptors (Lipinski definition) is 5. The summed E-state index contributed by atoms with van der Waals surface area (Å²) in [6.07, 6.45) is 0. The molecule has 0 spiro atoms. The van der Waals surface area contributed by atoms with Gasteiger partial charge >= 0.3 is 0 Å². The maximum absolute atomic E-state index is 13.3. The van der Waals surface area contributed by atoms with Crippen molar-refractivity contribution in [1.82, 2.24) is 15.1 Å². The zero-order valence-electron chi connectivity index (χ0n) is 17.1. The predicted octanol–water partition coefficient (Wildman–Crippen LogP) is 1.70. The number of carbonyl (C=O) groups excluding carboxylic acids is 3.